The molecule has 7 heteroatoms. The van der Waals surface area contributed by atoms with Crippen LogP contribution in [0.1, 0.15) is 9.67 Å². The van der Waals surface area contributed by atoms with Crippen LogP contribution in [0, 0.1) is 0 Å². The Kier molecular flexibility index (Phi) is 5.63. The molecule has 1 aromatic heterocycles. The van der Waals surface area contributed by atoms with E-state index < -0.39 is 5.97 Å². The molecule has 0 fully saturated rings. The number of thiophene rings is 1. The SMILES string of the molecule is COC(=O)c1sc2ccccc2c1NC(=O)CSc1ccc(Cl)cc1. The number of methoxy groups -OCH3 is 1. The van der Waals surface area contributed by atoms with Crippen LogP contribution in [-0.4, -0.2) is 24.7 Å². The molecule has 0 atom stereocenters. The van der Waals surface area contributed by atoms with Crippen molar-refractivity contribution in [2.75, 3.05) is 18.2 Å². The second-order valence-corrected chi connectivity index (χ2v) is 7.62. The van der Waals surface area contributed by atoms with Gasteiger partial charge < -0.3 is 10.1 Å². The maximum absolute atomic E-state index is 12.4. The summed E-state index contributed by atoms with van der Waals surface area (Å²) in [7, 11) is 1.33. The number of ether oxygens (including phenoxy) is 1. The Hall–Kier alpha value is -2.02. The van der Waals surface area contributed by atoms with Crippen molar-refractivity contribution >= 4 is 62.3 Å². The Morgan fingerprint density at radius 3 is 2.60 bits per heavy atom. The molecular formula is C18H14ClNO3S2. The lowest BCUT2D eigenvalue weighted by Gasteiger charge is -2.07. The van der Waals surface area contributed by atoms with E-state index in [0.717, 1.165) is 15.0 Å². The van der Waals surface area contributed by atoms with E-state index >= 15 is 0 Å². The van der Waals surface area contributed by atoms with Crippen molar-refractivity contribution in [2.24, 2.45) is 0 Å². The summed E-state index contributed by atoms with van der Waals surface area (Å²) in [6.07, 6.45) is 0. The predicted octanol–water partition coefficient (Wildman–Crippen LogP) is 5.07. The number of nitrogens with one attached hydrogen (secondary N) is 1. The Morgan fingerprint density at radius 2 is 1.88 bits per heavy atom. The van der Waals surface area contributed by atoms with Gasteiger partial charge in [0.25, 0.3) is 0 Å². The fraction of sp³-hybridized carbons (Fsp3) is 0.111. The van der Waals surface area contributed by atoms with Crippen LogP contribution < -0.4 is 5.32 Å². The molecule has 0 saturated carbocycles. The number of halogens is 1. The minimum absolute atomic E-state index is 0.186. The molecule has 1 amide bonds. The van der Waals surface area contributed by atoms with Gasteiger partial charge >= 0.3 is 5.97 Å². The molecule has 3 rings (SSSR count). The molecule has 4 nitrogen and oxygen atoms in total. The number of thioether (sulfide) groups is 1. The largest absolute Gasteiger partial charge is 0.465 e. The zero-order valence-electron chi connectivity index (χ0n) is 13.2. The number of amides is 1. The number of fused-ring (bicyclic) bond motifs is 1. The lowest BCUT2D eigenvalue weighted by molar-refractivity contribution is -0.113. The summed E-state index contributed by atoms with van der Waals surface area (Å²) in [6.45, 7) is 0. The fourth-order valence-electron chi connectivity index (χ4n) is 2.26. The Morgan fingerprint density at radius 1 is 1.16 bits per heavy atom. The van der Waals surface area contributed by atoms with Gasteiger partial charge in [-0.1, -0.05) is 29.8 Å². The summed E-state index contributed by atoms with van der Waals surface area (Å²) in [5.41, 5.74) is 0.508. The van der Waals surface area contributed by atoms with Crippen LogP contribution in [0.2, 0.25) is 5.02 Å². The molecule has 128 valence electrons. The van der Waals surface area contributed by atoms with Gasteiger partial charge in [-0.3, -0.25) is 4.79 Å². The van der Waals surface area contributed by atoms with E-state index in [9.17, 15) is 9.59 Å². The molecule has 0 spiro atoms. The first-order chi connectivity index (χ1) is 12.1. The topological polar surface area (TPSA) is 55.4 Å². The zero-order chi connectivity index (χ0) is 17.8. The van der Waals surface area contributed by atoms with Gasteiger partial charge in [0.05, 0.1) is 18.6 Å². The molecule has 0 aliphatic rings. The highest BCUT2D eigenvalue weighted by molar-refractivity contribution is 8.00. The highest BCUT2D eigenvalue weighted by Crippen LogP contribution is 2.36. The van der Waals surface area contributed by atoms with Crippen molar-refractivity contribution < 1.29 is 14.3 Å². The number of carbonyl (C=O) groups excluding carboxylic acids is 2. The second-order valence-electron chi connectivity index (χ2n) is 5.08. The molecule has 1 N–H and O–H groups in total. The van der Waals surface area contributed by atoms with Gasteiger partial charge in [-0.05, 0) is 30.3 Å². The van der Waals surface area contributed by atoms with E-state index in [1.807, 2.05) is 36.4 Å². The molecule has 0 unspecified atom stereocenters. The van der Waals surface area contributed by atoms with E-state index in [-0.39, 0.29) is 11.7 Å². The third-order valence-electron chi connectivity index (χ3n) is 3.41. The van der Waals surface area contributed by atoms with Crippen LogP contribution in [-0.2, 0) is 9.53 Å². The number of rotatable bonds is 5. The standard InChI is InChI=1S/C18H14ClNO3S2/c1-23-18(22)17-16(13-4-2-3-5-14(13)25-17)20-15(21)10-24-12-8-6-11(19)7-9-12/h2-9H,10H2,1H3,(H,20,21). The maximum atomic E-state index is 12.4. The maximum Gasteiger partial charge on any atom is 0.350 e. The lowest BCUT2D eigenvalue weighted by atomic mass is 10.2. The average Bonchev–Trinajstić information content (AvgIpc) is 2.99. The number of carbonyl (C=O) groups is 2. The molecule has 2 aromatic carbocycles. The second kappa shape index (κ2) is 7.91. The van der Waals surface area contributed by atoms with Crippen LogP contribution in [0.3, 0.4) is 0 Å². The third kappa shape index (κ3) is 4.15. The molecule has 0 aliphatic carbocycles. The van der Waals surface area contributed by atoms with Gasteiger partial charge in [0.15, 0.2) is 0 Å². The van der Waals surface area contributed by atoms with E-state index in [1.165, 1.54) is 30.2 Å². The van der Waals surface area contributed by atoms with E-state index in [0.29, 0.717) is 15.6 Å². The predicted molar refractivity (Wildman–Crippen MR) is 104 cm³/mol. The van der Waals surface area contributed by atoms with Crippen molar-refractivity contribution in [1.82, 2.24) is 0 Å². The highest BCUT2D eigenvalue weighted by atomic mass is 35.5. The molecule has 3 aromatic rings. The van der Waals surface area contributed by atoms with E-state index in [1.54, 1.807) is 12.1 Å². The molecule has 0 saturated heterocycles. The number of benzene rings is 2. The summed E-state index contributed by atoms with van der Waals surface area (Å²) < 4.78 is 5.75. The first kappa shape index (κ1) is 17.8. The van der Waals surface area contributed by atoms with Gasteiger partial charge in [0.1, 0.15) is 4.88 Å². The smallest absolute Gasteiger partial charge is 0.350 e. The van der Waals surface area contributed by atoms with E-state index in [2.05, 4.69) is 5.32 Å². The van der Waals surface area contributed by atoms with Crippen molar-refractivity contribution in [3.05, 3.63) is 58.4 Å². The van der Waals surface area contributed by atoms with Gasteiger partial charge in [-0.15, -0.1) is 23.1 Å². The van der Waals surface area contributed by atoms with Crippen LogP contribution >= 0.6 is 34.7 Å². The highest BCUT2D eigenvalue weighted by Gasteiger charge is 2.20. The molecule has 0 bridgehead atoms. The zero-order valence-corrected chi connectivity index (χ0v) is 15.6. The van der Waals surface area contributed by atoms with Gasteiger partial charge in [-0.25, -0.2) is 4.79 Å². The van der Waals surface area contributed by atoms with Crippen molar-refractivity contribution in [3.8, 4) is 0 Å². The first-order valence-electron chi connectivity index (χ1n) is 7.36. The Labute approximate surface area is 158 Å². The lowest BCUT2D eigenvalue weighted by Crippen LogP contribution is -2.16. The van der Waals surface area contributed by atoms with Gasteiger partial charge in [0.2, 0.25) is 5.91 Å². The van der Waals surface area contributed by atoms with Crippen LogP contribution in [0.4, 0.5) is 5.69 Å². The minimum atomic E-state index is -0.457. The van der Waals surface area contributed by atoms with Crippen molar-refractivity contribution in [1.29, 1.82) is 0 Å². The van der Waals surface area contributed by atoms with Crippen molar-refractivity contribution in [2.45, 2.75) is 4.90 Å². The van der Waals surface area contributed by atoms with Gasteiger partial charge in [-0.2, -0.15) is 0 Å². The first-order valence-corrected chi connectivity index (χ1v) is 9.54. The minimum Gasteiger partial charge on any atom is -0.465 e. The summed E-state index contributed by atoms with van der Waals surface area (Å²) in [6, 6.07) is 14.8. The molecule has 25 heavy (non-hydrogen) atoms. The van der Waals surface area contributed by atoms with Crippen LogP contribution in [0.25, 0.3) is 10.1 Å². The summed E-state index contributed by atoms with van der Waals surface area (Å²) in [4.78, 5) is 25.7. The fourth-order valence-corrected chi connectivity index (χ4v) is 4.16. The van der Waals surface area contributed by atoms with Crippen LogP contribution in [0.5, 0.6) is 0 Å². The van der Waals surface area contributed by atoms with E-state index in [4.69, 9.17) is 16.3 Å². The molecule has 1 heterocycles. The molecular weight excluding hydrogens is 378 g/mol. The third-order valence-corrected chi connectivity index (χ3v) is 5.83. The Balaban J connectivity index is 1.78. The summed E-state index contributed by atoms with van der Waals surface area (Å²) in [5, 5.41) is 4.34. The Bertz CT molecular complexity index is 922. The number of hydrogen-bond acceptors (Lipinski definition) is 5. The quantitative estimate of drug-likeness (QED) is 0.487. The summed E-state index contributed by atoms with van der Waals surface area (Å²) in [5.74, 6) is -0.414. The van der Waals surface area contributed by atoms with Gasteiger partial charge in [0, 0.05) is 20.0 Å². The molecule has 0 aliphatic heterocycles. The average molecular weight is 392 g/mol. The number of hydrogen-bond donors (Lipinski definition) is 1. The normalized spacial score (nSPS) is 10.6. The van der Waals surface area contributed by atoms with Crippen LogP contribution in [0.15, 0.2) is 53.4 Å². The number of esters is 1. The molecule has 0 radical (unpaired) electrons. The van der Waals surface area contributed by atoms with Crippen molar-refractivity contribution in [3.63, 3.8) is 0 Å². The number of anilines is 1. The monoisotopic (exact) mass is 391 g/mol. The summed E-state index contributed by atoms with van der Waals surface area (Å²) >= 11 is 8.56.